The Bertz CT molecular complexity index is 1000. The number of aromatic nitrogens is 2. The second kappa shape index (κ2) is 11.9. The van der Waals surface area contributed by atoms with Gasteiger partial charge in [0.1, 0.15) is 11.6 Å². The number of carbonyl (C=O) groups excluding carboxylic acids is 1. The molecule has 0 spiro atoms. The van der Waals surface area contributed by atoms with Crippen molar-refractivity contribution in [2.75, 3.05) is 56.6 Å². The average molecular weight is 493 g/mol. The summed E-state index contributed by atoms with van der Waals surface area (Å²) in [5.41, 5.74) is 0.706. The maximum Gasteiger partial charge on any atom is 0.253 e. The van der Waals surface area contributed by atoms with E-state index in [1.54, 1.807) is 7.11 Å². The van der Waals surface area contributed by atoms with Gasteiger partial charge in [-0.15, -0.1) is 0 Å². The number of benzene rings is 1. The zero-order valence-electron chi connectivity index (χ0n) is 21.6. The Morgan fingerprint density at radius 3 is 2.56 bits per heavy atom. The molecule has 1 aromatic heterocycles. The highest BCUT2D eigenvalue weighted by molar-refractivity contribution is 5.94. The zero-order valence-corrected chi connectivity index (χ0v) is 21.6. The summed E-state index contributed by atoms with van der Waals surface area (Å²) in [7, 11) is 1.63. The summed E-state index contributed by atoms with van der Waals surface area (Å²) < 4.78 is 5.29. The topological polar surface area (TPSA) is 73.8 Å². The fourth-order valence-electron chi connectivity index (χ4n) is 5.91. The molecule has 3 saturated heterocycles. The van der Waals surface area contributed by atoms with Crippen molar-refractivity contribution in [3.8, 4) is 5.75 Å². The molecule has 8 heteroatoms. The molecular weight excluding hydrogens is 452 g/mol. The predicted molar refractivity (Wildman–Crippen MR) is 143 cm³/mol. The summed E-state index contributed by atoms with van der Waals surface area (Å²) in [6, 6.07) is 10.4. The second-order valence-corrected chi connectivity index (χ2v) is 10.4. The van der Waals surface area contributed by atoms with E-state index >= 15 is 0 Å². The van der Waals surface area contributed by atoms with E-state index in [2.05, 4.69) is 20.1 Å². The molecule has 0 radical (unpaired) electrons. The van der Waals surface area contributed by atoms with Crippen molar-refractivity contribution >= 4 is 17.7 Å². The van der Waals surface area contributed by atoms with Gasteiger partial charge in [-0.05, 0) is 69.3 Å². The van der Waals surface area contributed by atoms with E-state index in [1.165, 1.54) is 32.1 Å². The van der Waals surface area contributed by atoms with Crippen LogP contribution < -0.4 is 15.0 Å². The van der Waals surface area contributed by atoms with E-state index in [0.29, 0.717) is 17.6 Å². The van der Waals surface area contributed by atoms with Crippen LogP contribution in [0.4, 0.5) is 11.8 Å². The van der Waals surface area contributed by atoms with Gasteiger partial charge in [0.2, 0.25) is 5.95 Å². The van der Waals surface area contributed by atoms with Crippen molar-refractivity contribution in [1.82, 2.24) is 19.8 Å². The molecule has 0 saturated carbocycles. The van der Waals surface area contributed by atoms with Gasteiger partial charge in [-0.3, -0.25) is 9.69 Å². The summed E-state index contributed by atoms with van der Waals surface area (Å²) >= 11 is 0. The van der Waals surface area contributed by atoms with Gasteiger partial charge in [-0.2, -0.15) is 4.98 Å². The lowest BCUT2D eigenvalue weighted by Crippen LogP contribution is -2.52. The van der Waals surface area contributed by atoms with Crippen molar-refractivity contribution in [2.24, 2.45) is 0 Å². The number of nitrogens with one attached hydrogen (secondary N) is 1. The SMILES string of the molecule is COc1cccc(C(=O)N2CCC(N3CCCC(Nc4nccc(N5CCCCCC5)n4)C3)CC2)c1. The van der Waals surface area contributed by atoms with E-state index in [-0.39, 0.29) is 5.91 Å². The van der Waals surface area contributed by atoms with Crippen LogP contribution in [0.15, 0.2) is 36.5 Å². The summed E-state index contributed by atoms with van der Waals surface area (Å²) in [5.74, 6) is 2.63. The highest BCUT2D eigenvalue weighted by Gasteiger charge is 2.31. The minimum Gasteiger partial charge on any atom is -0.497 e. The summed E-state index contributed by atoms with van der Waals surface area (Å²) in [6.07, 6.45) is 11.4. The largest absolute Gasteiger partial charge is 0.497 e. The summed E-state index contributed by atoms with van der Waals surface area (Å²) in [4.78, 5) is 29.4. The number of hydrogen-bond donors (Lipinski definition) is 1. The first-order valence-corrected chi connectivity index (χ1v) is 13.7. The molecule has 3 aliphatic rings. The summed E-state index contributed by atoms with van der Waals surface area (Å²) in [6.45, 7) is 5.92. The van der Waals surface area contributed by atoms with Crippen LogP contribution in [0.25, 0.3) is 0 Å². The number of carbonyl (C=O) groups is 1. The van der Waals surface area contributed by atoms with E-state index < -0.39 is 0 Å². The number of ether oxygens (including phenoxy) is 1. The first-order valence-electron chi connectivity index (χ1n) is 13.7. The molecule has 2 aromatic rings. The Balaban J connectivity index is 1.13. The van der Waals surface area contributed by atoms with Gasteiger partial charge in [-0.25, -0.2) is 4.98 Å². The smallest absolute Gasteiger partial charge is 0.253 e. The molecule has 5 rings (SSSR count). The number of anilines is 2. The fraction of sp³-hybridized carbons (Fsp3) is 0.607. The number of amides is 1. The van der Waals surface area contributed by atoms with E-state index in [4.69, 9.17) is 9.72 Å². The lowest BCUT2D eigenvalue weighted by molar-refractivity contribution is 0.0579. The Labute approximate surface area is 215 Å². The third kappa shape index (κ3) is 6.09. The van der Waals surface area contributed by atoms with Crippen LogP contribution in [-0.2, 0) is 0 Å². The van der Waals surface area contributed by atoms with Gasteiger partial charge in [0.05, 0.1) is 7.11 Å². The van der Waals surface area contributed by atoms with Gasteiger partial charge in [0.15, 0.2) is 0 Å². The first-order chi connectivity index (χ1) is 17.7. The maximum atomic E-state index is 13.0. The molecule has 36 heavy (non-hydrogen) atoms. The minimum absolute atomic E-state index is 0.104. The molecule has 8 nitrogen and oxygen atoms in total. The number of likely N-dealkylation sites (tertiary alicyclic amines) is 2. The third-order valence-corrected chi connectivity index (χ3v) is 7.94. The van der Waals surface area contributed by atoms with Crippen LogP contribution in [0, 0.1) is 0 Å². The highest BCUT2D eigenvalue weighted by atomic mass is 16.5. The summed E-state index contributed by atoms with van der Waals surface area (Å²) in [5, 5.41) is 3.64. The monoisotopic (exact) mass is 492 g/mol. The van der Waals surface area contributed by atoms with Crippen LogP contribution >= 0.6 is 0 Å². The van der Waals surface area contributed by atoms with Crippen LogP contribution in [0.5, 0.6) is 5.75 Å². The van der Waals surface area contributed by atoms with Gasteiger partial charge in [0, 0.05) is 56.6 Å². The van der Waals surface area contributed by atoms with Crippen molar-refractivity contribution in [1.29, 1.82) is 0 Å². The Morgan fingerprint density at radius 2 is 1.78 bits per heavy atom. The number of rotatable bonds is 6. The Hall–Kier alpha value is -2.87. The minimum atomic E-state index is 0.104. The molecular formula is C28H40N6O2. The zero-order chi connectivity index (χ0) is 24.7. The molecule has 1 aromatic carbocycles. The van der Waals surface area contributed by atoms with Gasteiger partial charge >= 0.3 is 0 Å². The van der Waals surface area contributed by atoms with Crippen molar-refractivity contribution in [3.63, 3.8) is 0 Å². The Kier molecular flexibility index (Phi) is 8.21. The molecule has 3 fully saturated rings. The lowest BCUT2D eigenvalue weighted by Gasteiger charge is -2.42. The second-order valence-electron chi connectivity index (χ2n) is 10.4. The Morgan fingerprint density at radius 1 is 0.972 bits per heavy atom. The predicted octanol–water partition coefficient (Wildman–Crippen LogP) is 4.05. The fourth-order valence-corrected chi connectivity index (χ4v) is 5.91. The molecule has 0 aliphatic carbocycles. The molecule has 3 aliphatic heterocycles. The van der Waals surface area contributed by atoms with Gasteiger partial charge < -0.3 is 19.9 Å². The van der Waals surface area contributed by atoms with Crippen molar-refractivity contribution in [2.45, 2.75) is 63.5 Å². The van der Waals surface area contributed by atoms with Crippen LogP contribution in [0.3, 0.4) is 0 Å². The molecule has 1 N–H and O–H groups in total. The number of methoxy groups -OCH3 is 1. The molecule has 0 bridgehead atoms. The number of piperidine rings is 2. The van der Waals surface area contributed by atoms with Crippen LogP contribution in [-0.4, -0.2) is 84.1 Å². The molecule has 4 heterocycles. The highest BCUT2D eigenvalue weighted by Crippen LogP contribution is 2.25. The molecule has 1 atom stereocenters. The van der Waals surface area contributed by atoms with E-state index in [0.717, 1.165) is 76.0 Å². The van der Waals surface area contributed by atoms with E-state index in [9.17, 15) is 4.79 Å². The molecule has 1 amide bonds. The van der Waals surface area contributed by atoms with Gasteiger partial charge in [0.25, 0.3) is 5.91 Å². The lowest BCUT2D eigenvalue weighted by atomic mass is 9.97. The van der Waals surface area contributed by atoms with E-state index in [1.807, 2.05) is 41.4 Å². The number of nitrogens with zero attached hydrogens (tertiary/aromatic N) is 5. The van der Waals surface area contributed by atoms with Crippen molar-refractivity contribution < 1.29 is 9.53 Å². The molecule has 1 unspecified atom stereocenters. The number of hydrogen-bond acceptors (Lipinski definition) is 7. The quantitative estimate of drug-likeness (QED) is 0.652. The van der Waals surface area contributed by atoms with Crippen LogP contribution in [0.2, 0.25) is 0 Å². The maximum absolute atomic E-state index is 13.0. The average Bonchev–Trinajstić information content (AvgIpc) is 3.23. The third-order valence-electron chi connectivity index (χ3n) is 7.94. The van der Waals surface area contributed by atoms with Gasteiger partial charge in [-0.1, -0.05) is 18.9 Å². The molecule has 194 valence electrons. The van der Waals surface area contributed by atoms with Crippen LogP contribution in [0.1, 0.15) is 61.7 Å². The van der Waals surface area contributed by atoms with Crippen molar-refractivity contribution in [3.05, 3.63) is 42.1 Å². The first kappa shape index (κ1) is 24.8. The normalized spacial score (nSPS) is 22.2. The standard InChI is InChI=1S/C28H40N6O2/c1-36-25-10-6-8-22(20-25)27(35)33-18-12-24(13-19-33)34-17-7-9-23(21-34)30-28-29-14-11-26(31-28)32-15-4-2-3-5-16-32/h6,8,10-11,14,20,23-24H,2-5,7,9,12-13,15-19,21H2,1H3,(H,29,30,31).